The monoisotopic (exact) mass is 597 g/mol. The molecular weight excluding hydrogens is 562 g/mol. The normalized spacial score (nSPS) is 13.2. The Kier molecular flexibility index (Phi) is 8.86. The van der Waals surface area contributed by atoms with Crippen molar-refractivity contribution in [1.82, 2.24) is 29.8 Å². The highest BCUT2D eigenvalue weighted by atomic mass is 16.5. The first-order chi connectivity index (χ1) is 21.2. The zero-order valence-corrected chi connectivity index (χ0v) is 25.1. The summed E-state index contributed by atoms with van der Waals surface area (Å²) in [5, 5.41) is 14.7. The molecule has 44 heavy (non-hydrogen) atoms. The second-order valence-corrected chi connectivity index (χ2v) is 11.1. The molecule has 0 spiro atoms. The molecule has 5 aromatic rings. The van der Waals surface area contributed by atoms with Crippen molar-refractivity contribution in [2.75, 3.05) is 49.7 Å². The molecule has 0 atom stereocenters. The van der Waals surface area contributed by atoms with Crippen LogP contribution in [-0.2, 0) is 14.9 Å². The highest BCUT2D eigenvalue weighted by Crippen LogP contribution is 2.32. The van der Waals surface area contributed by atoms with E-state index in [1.807, 2.05) is 37.4 Å². The Morgan fingerprint density at radius 3 is 2.32 bits per heavy atom. The van der Waals surface area contributed by atoms with Gasteiger partial charge in [-0.1, -0.05) is 38.1 Å². The fraction of sp³-hybridized carbons (Fsp3) is 0.290. The van der Waals surface area contributed by atoms with Crippen molar-refractivity contribution in [1.29, 1.82) is 0 Å². The minimum atomic E-state index is -0.0212. The summed E-state index contributed by atoms with van der Waals surface area (Å²) in [6.45, 7) is 8.56. The van der Waals surface area contributed by atoms with Gasteiger partial charge in [0, 0.05) is 48.4 Å². The van der Waals surface area contributed by atoms with Crippen LogP contribution in [0.1, 0.15) is 36.9 Å². The molecule has 4 N–H and O–H groups in total. The highest BCUT2D eigenvalue weighted by Gasteiger charge is 2.21. The molecule has 13 nitrogen and oxygen atoms in total. The summed E-state index contributed by atoms with van der Waals surface area (Å²) in [4.78, 5) is 33.8. The molecule has 13 heteroatoms. The lowest BCUT2D eigenvalue weighted by Crippen LogP contribution is -2.40. The van der Waals surface area contributed by atoms with Gasteiger partial charge in [-0.3, -0.25) is 9.59 Å². The van der Waals surface area contributed by atoms with Gasteiger partial charge in [-0.25, -0.2) is 14.6 Å². The summed E-state index contributed by atoms with van der Waals surface area (Å²) in [7, 11) is 1.82. The standard InChI is InChI=1S/C23H21N7O3.C8H14N2O/c24-21-19-20(15-1-3-16(4-2-15)23(32)29-9-11-33-12-10-29)28-30(22(19)26-13-25-21)18-7-5-17(6-8-18)27-14-31;1-8(2,3)6-5-7(9-4)10-11-6/h1-8,13-14H,9-12H2,(H,27,31)(H2,24,25,26);5H,1-4H3,(H,9,10). The van der Waals surface area contributed by atoms with E-state index in [0.717, 1.165) is 22.8 Å². The fourth-order valence-electron chi connectivity index (χ4n) is 4.59. The summed E-state index contributed by atoms with van der Waals surface area (Å²) in [5.41, 5.74) is 10.2. The number of nitrogens with two attached hydrogens (primary N) is 1. The molecule has 0 bridgehead atoms. The number of hydrogen-bond donors (Lipinski definition) is 3. The minimum absolute atomic E-state index is 0.0212. The number of nitrogens with one attached hydrogen (secondary N) is 2. The molecule has 1 fully saturated rings. The minimum Gasteiger partial charge on any atom is -0.383 e. The maximum Gasteiger partial charge on any atom is 0.254 e. The largest absolute Gasteiger partial charge is 0.383 e. The van der Waals surface area contributed by atoms with E-state index in [2.05, 4.69) is 46.5 Å². The van der Waals surface area contributed by atoms with Crippen molar-refractivity contribution in [3.8, 4) is 16.9 Å². The summed E-state index contributed by atoms with van der Waals surface area (Å²) in [6.07, 6.45) is 2.02. The Morgan fingerprint density at radius 1 is 1.02 bits per heavy atom. The first kappa shape index (κ1) is 30.2. The predicted octanol–water partition coefficient (Wildman–Crippen LogP) is 4.12. The number of fused-ring (bicyclic) bond motifs is 1. The van der Waals surface area contributed by atoms with Gasteiger partial charge in [-0.05, 0) is 36.4 Å². The number of nitrogens with zero attached hydrogens (tertiary/aromatic N) is 6. The number of nitrogen functional groups attached to an aromatic ring is 1. The molecule has 6 rings (SSSR count). The van der Waals surface area contributed by atoms with Gasteiger partial charge in [0.15, 0.2) is 11.5 Å². The van der Waals surface area contributed by atoms with E-state index < -0.39 is 0 Å². The predicted molar refractivity (Wildman–Crippen MR) is 168 cm³/mol. The lowest BCUT2D eigenvalue weighted by atomic mass is 9.93. The number of anilines is 3. The molecule has 3 aromatic heterocycles. The van der Waals surface area contributed by atoms with Crippen molar-refractivity contribution in [3.63, 3.8) is 0 Å². The van der Waals surface area contributed by atoms with Gasteiger partial charge >= 0.3 is 0 Å². The molecule has 4 heterocycles. The molecule has 228 valence electrons. The van der Waals surface area contributed by atoms with Gasteiger partial charge in [-0.2, -0.15) is 5.10 Å². The van der Waals surface area contributed by atoms with E-state index in [4.69, 9.17) is 20.1 Å². The molecular formula is C31H35N9O4. The van der Waals surface area contributed by atoms with Gasteiger partial charge in [0.25, 0.3) is 5.91 Å². The number of benzene rings is 2. The van der Waals surface area contributed by atoms with Crippen molar-refractivity contribution in [3.05, 3.63) is 72.2 Å². The van der Waals surface area contributed by atoms with Crippen molar-refractivity contribution < 1.29 is 18.8 Å². The van der Waals surface area contributed by atoms with Gasteiger partial charge in [-0.15, -0.1) is 0 Å². The first-order valence-electron chi connectivity index (χ1n) is 14.1. The van der Waals surface area contributed by atoms with Crippen LogP contribution in [0.2, 0.25) is 0 Å². The number of rotatable bonds is 6. The summed E-state index contributed by atoms with van der Waals surface area (Å²) >= 11 is 0. The second-order valence-electron chi connectivity index (χ2n) is 11.1. The van der Waals surface area contributed by atoms with Crippen LogP contribution in [0.5, 0.6) is 0 Å². The molecule has 0 saturated carbocycles. The summed E-state index contributed by atoms with van der Waals surface area (Å²) in [6, 6.07) is 16.4. The third-order valence-corrected chi connectivity index (χ3v) is 7.04. The van der Waals surface area contributed by atoms with E-state index in [0.29, 0.717) is 66.5 Å². The van der Waals surface area contributed by atoms with Crippen LogP contribution in [0.25, 0.3) is 28.0 Å². The van der Waals surface area contributed by atoms with Crippen LogP contribution < -0.4 is 16.4 Å². The molecule has 2 aromatic carbocycles. The van der Waals surface area contributed by atoms with Crippen LogP contribution >= 0.6 is 0 Å². The topological polar surface area (TPSA) is 166 Å². The van der Waals surface area contributed by atoms with Crippen LogP contribution in [0, 0.1) is 0 Å². The van der Waals surface area contributed by atoms with E-state index in [1.165, 1.54) is 6.33 Å². The fourth-order valence-corrected chi connectivity index (χ4v) is 4.59. The number of ether oxygens (including phenoxy) is 1. The lowest BCUT2D eigenvalue weighted by molar-refractivity contribution is -0.105. The molecule has 1 aliphatic rings. The maximum absolute atomic E-state index is 12.8. The van der Waals surface area contributed by atoms with Crippen LogP contribution in [0.4, 0.5) is 17.3 Å². The van der Waals surface area contributed by atoms with E-state index >= 15 is 0 Å². The maximum atomic E-state index is 12.8. The Morgan fingerprint density at radius 2 is 1.73 bits per heavy atom. The molecule has 1 aliphatic heterocycles. The number of aromatic nitrogens is 5. The van der Waals surface area contributed by atoms with Gasteiger partial charge in [0.1, 0.15) is 23.6 Å². The van der Waals surface area contributed by atoms with Crippen molar-refractivity contribution >= 4 is 40.7 Å². The number of carbonyl (C=O) groups excluding carboxylic acids is 2. The number of carbonyl (C=O) groups is 2. The quantitative estimate of drug-likeness (QED) is 0.242. The Hall–Kier alpha value is -5.30. The third kappa shape index (κ3) is 6.52. The summed E-state index contributed by atoms with van der Waals surface area (Å²) in [5.74, 6) is 1.98. The third-order valence-electron chi connectivity index (χ3n) is 7.04. The highest BCUT2D eigenvalue weighted by molar-refractivity contribution is 6.00. The van der Waals surface area contributed by atoms with Crippen LogP contribution in [0.15, 0.2) is 65.4 Å². The first-order valence-corrected chi connectivity index (χ1v) is 14.1. The molecule has 1 saturated heterocycles. The van der Waals surface area contributed by atoms with Gasteiger partial charge < -0.3 is 30.5 Å². The van der Waals surface area contributed by atoms with Crippen LogP contribution in [-0.4, -0.2) is 75.5 Å². The lowest BCUT2D eigenvalue weighted by Gasteiger charge is -2.26. The van der Waals surface area contributed by atoms with Crippen molar-refractivity contribution in [2.45, 2.75) is 26.2 Å². The van der Waals surface area contributed by atoms with Crippen LogP contribution in [0.3, 0.4) is 0 Å². The van der Waals surface area contributed by atoms with E-state index in [1.54, 1.807) is 33.8 Å². The Labute approximate surface area is 254 Å². The Balaban J connectivity index is 0.000000296. The average molecular weight is 598 g/mol. The van der Waals surface area contributed by atoms with E-state index in [9.17, 15) is 9.59 Å². The Bertz CT molecular complexity index is 1730. The van der Waals surface area contributed by atoms with Gasteiger partial charge in [0.05, 0.1) is 24.3 Å². The summed E-state index contributed by atoms with van der Waals surface area (Å²) < 4.78 is 12.1. The molecule has 2 amide bonds. The molecule has 0 radical (unpaired) electrons. The molecule has 0 unspecified atom stereocenters. The zero-order valence-electron chi connectivity index (χ0n) is 25.1. The van der Waals surface area contributed by atoms with Gasteiger partial charge in [0.2, 0.25) is 6.41 Å². The number of amides is 2. The average Bonchev–Trinajstić information content (AvgIpc) is 3.69. The second kappa shape index (κ2) is 12.9. The van der Waals surface area contributed by atoms with Crippen molar-refractivity contribution in [2.24, 2.45) is 0 Å². The molecule has 0 aliphatic carbocycles. The zero-order chi connectivity index (χ0) is 31.3. The number of morpholine rings is 1. The smallest absolute Gasteiger partial charge is 0.254 e. The number of hydrogen-bond acceptors (Lipinski definition) is 10. The van der Waals surface area contributed by atoms with E-state index in [-0.39, 0.29) is 11.3 Å². The SMILES string of the molecule is CNc1cc(C(C)(C)C)on1.Nc1ncnc2c1c(-c1ccc(C(=O)N3CCOCC3)cc1)nn2-c1ccc(NC=O)cc1.